The minimum Gasteiger partial charge on any atom is -0.489 e. The zero-order valence-electron chi connectivity index (χ0n) is 15.1. The number of nitrogens with zero attached hydrogens (tertiary/aromatic N) is 1. The summed E-state index contributed by atoms with van der Waals surface area (Å²) >= 11 is 0. The van der Waals surface area contributed by atoms with Crippen LogP contribution in [0.25, 0.3) is 0 Å². The molecule has 0 aliphatic carbocycles. The van der Waals surface area contributed by atoms with E-state index in [2.05, 4.69) is 0 Å². The van der Waals surface area contributed by atoms with E-state index in [0.29, 0.717) is 25.2 Å². The van der Waals surface area contributed by atoms with Gasteiger partial charge in [0.1, 0.15) is 6.10 Å². The molecule has 7 heteroatoms. The Kier molecular flexibility index (Phi) is 5.67. The van der Waals surface area contributed by atoms with Crippen LogP contribution < -0.4 is 9.47 Å². The summed E-state index contributed by atoms with van der Waals surface area (Å²) in [5.41, 5.74) is -0.745. The Bertz CT molecular complexity index is 607. The second-order valence-electron chi connectivity index (χ2n) is 7.69. The molecule has 1 N–H and O–H groups in total. The van der Waals surface area contributed by atoms with Crippen LogP contribution in [0.4, 0.5) is 13.2 Å². The molecular formula is C19H26F3NO3. The maximum absolute atomic E-state index is 13.0. The SMILES string of the molecule is CC(C)COc1cc(C(F)(F)F)ccc1O[C@H]1C[C@H]2CCC[C@@H](C1)N2O. The van der Waals surface area contributed by atoms with Gasteiger partial charge in [0.05, 0.1) is 12.2 Å². The maximum Gasteiger partial charge on any atom is 0.416 e. The highest BCUT2D eigenvalue weighted by atomic mass is 19.4. The third-order valence-electron chi connectivity index (χ3n) is 5.03. The molecule has 2 heterocycles. The largest absolute Gasteiger partial charge is 0.489 e. The first kappa shape index (κ1) is 19.3. The standard InChI is InChI=1S/C19H26F3NO3/c1-12(2)11-25-18-8-13(19(20,21)22)6-7-17(18)26-16-9-14-4-3-5-15(10-16)23(14)24/h6-8,12,14-16,24H,3-5,9-11H2,1-2H3/t14-,15+,16+. The van der Waals surface area contributed by atoms with Gasteiger partial charge >= 0.3 is 6.18 Å². The molecule has 2 aliphatic rings. The van der Waals surface area contributed by atoms with E-state index in [-0.39, 0.29) is 29.9 Å². The van der Waals surface area contributed by atoms with Gasteiger partial charge in [-0.15, -0.1) is 0 Å². The normalized spacial score (nSPS) is 26.8. The Hall–Kier alpha value is -1.47. The number of halogens is 3. The average molecular weight is 373 g/mol. The van der Waals surface area contributed by atoms with Crippen molar-refractivity contribution in [3.05, 3.63) is 23.8 Å². The van der Waals surface area contributed by atoms with E-state index in [1.165, 1.54) is 11.1 Å². The lowest BCUT2D eigenvalue weighted by atomic mass is 9.85. The molecule has 0 amide bonds. The smallest absolute Gasteiger partial charge is 0.416 e. The summed E-state index contributed by atoms with van der Waals surface area (Å²) in [6, 6.07) is 3.50. The lowest BCUT2D eigenvalue weighted by molar-refractivity contribution is -0.207. The molecule has 0 saturated carbocycles. The van der Waals surface area contributed by atoms with Gasteiger partial charge in [0.15, 0.2) is 11.5 Å². The highest BCUT2D eigenvalue weighted by Gasteiger charge is 2.39. The molecule has 1 aromatic rings. The quantitative estimate of drug-likeness (QED) is 0.798. The molecule has 0 aromatic heterocycles. The summed E-state index contributed by atoms with van der Waals surface area (Å²) in [5, 5.41) is 11.6. The number of hydrogen-bond acceptors (Lipinski definition) is 4. The number of fused-ring (bicyclic) bond motifs is 2. The fraction of sp³-hybridized carbons (Fsp3) is 0.684. The Morgan fingerprint density at radius 2 is 1.81 bits per heavy atom. The van der Waals surface area contributed by atoms with E-state index in [9.17, 15) is 18.4 Å². The minimum absolute atomic E-state index is 0.0574. The van der Waals surface area contributed by atoms with Crippen LogP contribution in [0.3, 0.4) is 0 Å². The second kappa shape index (κ2) is 7.64. The summed E-state index contributed by atoms with van der Waals surface area (Å²) in [7, 11) is 0. The van der Waals surface area contributed by atoms with Crippen molar-refractivity contribution in [1.29, 1.82) is 0 Å². The Morgan fingerprint density at radius 1 is 1.15 bits per heavy atom. The molecule has 3 atom stereocenters. The number of benzene rings is 1. The number of alkyl halides is 3. The molecule has 3 rings (SSSR count). The Morgan fingerprint density at radius 3 is 2.38 bits per heavy atom. The van der Waals surface area contributed by atoms with Crippen molar-refractivity contribution in [2.75, 3.05) is 6.61 Å². The number of rotatable bonds is 5. The van der Waals surface area contributed by atoms with E-state index in [1.807, 2.05) is 13.8 Å². The van der Waals surface area contributed by atoms with Gasteiger partial charge in [-0.25, -0.2) is 0 Å². The van der Waals surface area contributed by atoms with Gasteiger partial charge in [0.2, 0.25) is 0 Å². The molecule has 2 aliphatic heterocycles. The lowest BCUT2D eigenvalue weighted by Crippen LogP contribution is -2.52. The summed E-state index contributed by atoms with van der Waals surface area (Å²) < 4.78 is 50.7. The molecule has 2 bridgehead atoms. The summed E-state index contributed by atoms with van der Waals surface area (Å²) in [4.78, 5) is 0. The van der Waals surface area contributed by atoms with Crippen LogP contribution in [0.2, 0.25) is 0 Å². The number of ether oxygens (including phenoxy) is 2. The first-order valence-electron chi connectivity index (χ1n) is 9.22. The molecule has 4 nitrogen and oxygen atoms in total. The predicted molar refractivity (Wildman–Crippen MR) is 90.5 cm³/mol. The van der Waals surface area contributed by atoms with Crippen LogP contribution in [0.1, 0.15) is 51.5 Å². The van der Waals surface area contributed by atoms with Gasteiger partial charge in [-0.3, -0.25) is 0 Å². The number of hydroxylamine groups is 2. The first-order chi connectivity index (χ1) is 12.2. The average Bonchev–Trinajstić information content (AvgIpc) is 2.53. The van der Waals surface area contributed by atoms with Gasteiger partial charge in [-0.1, -0.05) is 20.3 Å². The van der Waals surface area contributed by atoms with E-state index in [0.717, 1.165) is 31.4 Å². The van der Waals surface area contributed by atoms with Gasteiger partial charge in [-0.2, -0.15) is 18.2 Å². The second-order valence-corrected chi connectivity index (χ2v) is 7.69. The van der Waals surface area contributed by atoms with Crippen molar-refractivity contribution in [2.24, 2.45) is 5.92 Å². The zero-order chi connectivity index (χ0) is 18.9. The monoisotopic (exact) mass is 373 g/mol. The van der Waals surface area contributed by atoms with Gasteiger partial charge < -0.3 is 14.7 Å². The van der Waals surface area contributed by atoms with Crippen LogP contribution in [0.5, 0.6) is 11.5 Å². The van der Waals surface area contributed by atoms with Crippen LogP contribution in [0.15, 0.2) is 18.2 Å². The van der Waals surface area contributed by atoms with Crippen LogP contribution in [-0.4, -0.2) is 35.1 Å². The highest BCUT2D eigenvalue weighted by molar-refractivity contribution is 5.44. The molecule has 2 saturated heterocycles. The zero-order valence-corrected chi connectivity index (χ0v) is 15.1. The summed E-state index contributed by atoms with van der Waals surface area (Å²) in [6.45, 7) is 4.19. The molecule has 0 unspecified atom stereocenters. The van der Waals surface area contributed by atoms with Crippen molar-refractivity contribution >= 4 is 0 Å². The van der Waals surface area contributed by atoms with Crippen molar-refractivity contribution in [1.82, 2.24) is 5.06 Å². The van der Waals surface area contributed by atoms with E-state index >= 15 is 0 Å². The maximum atomic E-state index is 13.0. The minimum atomic E-state index is -4.42. The van der Waals surface area contributed by atoms with Crippen LogP contribution in [0, 0.1) is 5.92 Å². The van der Waals surface area contributed by atoms with Gasteiger partial charge in [-0.05, 0) is 37.0 Å². The van der Waals surface area contributed by atoms with E-state index in [4.69, 9.17) is 9.47 Å². The Balaban J connectivity index is 1.77. The van der Waals surface area contributed by atoms with Crippen LogP contribution in [-0.2, 0) is 6.18 Å². The molecule has 0 spiro atoms. The van der Waals surface area contributed by atoms with E-state index in [1.54, 1.807) is 0 Å². The van der Waals surface area contributed by atoms with Crippen LogP contribution >= 0.6 is 0 Å². The highest BCUT2D eigenvalue weighted by Crippen LogP contribution is 2.39. The van der Waals surface area contributed by atoms with Crippen molar-refractivity contribution in [3.63, 3.8) is 0 Å². The predicted octanol–water partition coefficient (Wildman–Crippen LogP) is 4.89. The number of hydrogen-bond donors (Lipinski definition) is 1. The molecule has 0 radical (unpaired) electrons. The van der Waals surface area contributed by atoms with Crippen molar-refractivity contribution < 1.29 is 27.9 Å². The van der Waals surface area contributed by atoms with Gasteiger partial charge in [0.25, 0.3) is 0 Å². The molecule has 26 heavy (non-hydrogen) atoms. The summed E-state index contributed by atoms with van der Waals surface area (Å²) in [5.74, 6) is 0.660. The lowest BCUT2D eigenvalue weighted by Gasteiger charge is -2.44. The molecule has 1 aromatic carbocycles. The topological polar surface area (TPSA) is 41.9 Å². The number of piperidine rings is 2. The molecule has 2 fully saturated rings. The van der Waals surface area contributed by atoms with Crippen molar-refractivity contribution in [3.8, 4) is 11.5 Å². The fourth-order valence-corrected chi connectivity index (χ4v) is 3.73. The Labute approximate surface area is 151 Å². The van der Waals surface area contributed by atoms with Crippen molar-refractivity contribution in [2.45, 2.75) is 70.3 Å². The summed E-state index contributed by atoms with van der Waals surface area (Å²) in [6.07, 6.45) is -0.315. The van der Waals surface area contributed by atoms with E-state index < -0.39 is 11.7 Å². The third-order valence-corrected chi connectivity index (χ3v) is 5.03. The first-order valence-corrected chi connectivity index (χ1v) is 9.22. The van der Waals surface area contributed by atoms with Gasteiger partial charge in [0, 0.05) is 24.9 Å². The molecular weight excluding hydrogens is 347 g/mol. The fourth-order valence-electron chi connectivity index (χ4n) is 3.73. The third kappa shape index (κ3) is 4.43. The molecule has 146 valence electrons.